The first-order chi connectivity index (χ1) is 15.8. The Labute approximate surface area is 202 Å². The van der Waals surface area contributed by atoms with Gasteiger partial charge in [0.1, 0.15) is 14.8 Å². The number of methoxy groups -OCH3 is 1. The summed E-state index contributed by atoms with van der Waals surface area (Å²) >= 11 is 7.03. The van der Waals surface area contributed by atoms with E-state index in [0.717, 1.165) is 16.8 Å². The molecular weight excluding hydrogens is 456 g/mol. The molecule has 4 heterocycles. The number of hydrogen-bond donors (Lipinski definition) is 0. The number of thioether (sulfide) groups is 1. The van der Waals surface area contributed by atoms with Gasteiger partial charge in [0.2, 0.25) is 5.91 Å². The van der Waals surface area contributed by atoms with Crippen molar-refractivity contribution in [2.24, 2.45) is 0 Å². The maximum absolute atomic E-state index is 14.4. The van der Waals surface area contributed by atoms with Crippen LogP contribution in [0.3, 0.4) is 0 Å². The molecule has 3 aliphatic heterocycles. The van der Waals surface area contributed by atoms with E-state index in [1.165, 1.54) is 11.8 Å². The number of aromatic nitrogens is 1. The van der Waals surface area contributed by atoms with E-state index in [-0.39, 0.29) is 17.7 Å². The number of pyridine rings is 1. The van der Waals surface area contributed by atoms with E-state index in [4.69, 9.17) is 17.0 Å². The lowest BCUT2D eigenvalue weighted by molar-refractivity contribution is -0.138. The first-order valence-electron chi connectivity index (χ1n) is 10.6. The second-order valence-corrected chi connectivity index (χ2v) is 10.4. The van der Waals surface area contributed by atoms with Crippen molar-refractivity contribution in [3.8, 4) is 5.75 Å². The van der Waals surface area contributed by atoms with Gasteiger partial charge >= 0.3 is 0 Å². The van der Waals surface area contributed by atoms with Gasteiger partial charge in [-0.05, 0) is 42.9 Å². The number of likely N-dealkylation sites (N-methyl/N-ethyl adjacent to an activating group) is 2. The lowest BCUT2D eigenvalue weighted by Crippen LogP contribution is -2.62. The quantitative estimate of drug-likeness (QED) is 0.493. The zero-order valence-electron chi connectivity index (χ0n) is 18.6. The molecule has 2 fully saturated rings. The third kappa shape index (κ3) is 2.61. The Morgan fingerprint density at radius 3 is 2.64 bits per heavy atom. The standard InChI is InChI=1S/C24H24N4O3S2/c1-5-12-28-21(30)24(33-22(28)32)18(15-8-10-25-11-9-15)14-26(2)23(24)17-13-16(31-4)6-7-19(17)27(3)20(23)29/h5-11,13,18H,1,12,14H2,2-4H3/t18-,23+,24+/m0/s1. The number of fused-ring (bicyclic) bond motifs is 3. The average molecular weight is 481 g/mol. The van der Waals surface area contributed by atoms with Gasteiger partial charge in [-0.3, -0.25) is 24.4 Å². The summed E-state index contributed by atoms with van der Waals surface area (Å²) in [5.41, 5.74) is 1.23. The van der Waals surface area contributed by atoms with Crippen LogP contribution in [0, 0.1) is 0 Å². The Morgan fingerprint density at radius 2 is 1.97 bits per heavy atom. The third-order valence-corrected chi connectivity index (χ3v) is 9.02. The number of benzene rings is 1. The zero-order chi connectivity index (χ0) is 23.5. The van der Waals surface area contributed by atoms with Crippen molar-refractivity contribution in [1.82, 2.24) is 14.8 Å². The van der Waals surface area contributed by atoms with E-state index in [1.807, 2.05) is 42.3 Å². The molecule has 0 unspecified atom stereocenters. The number of carbonyl (C=O) groups excluding carboxylic acids is 2. The summed E-state index contributed by atoms with van der Waals surface area (Å²) < 4.78 is 4.79. The highest BCUT2D eigenvalue weighted by Gasteiger charge is 2.78. The van der Waals surface area contributed by atoms with Crippen LogP contribution in [0.1, 0.15) is 17.0 Å². The maximum Gasteiger partial charge on any atom is 0.254 e. The topological polar surface area (TPSA) is 66.0 Å². The predicted octanol–water partition coefficient (Wildman–Crippen LogP) is 2.78. The number of thiocarbonyl (C=S) groups is 1. The monoisotopic (exact) mass is 480 g/mol. The van der Waals surface area contributed by atoms with Gasteiger partial charge < -0.3 is 9.64 Å². The van der Waals surface area contributed by atoms with Crippen molar-refractivity contribution < 1.29 is 14.3 Å². The van der Waals surface area contributed by atoms with Gasteiger partial charge in [0.25, 0.3) is 5.91 Å². The van der Waals surface area contributed by atoms with E-state index in [2.05, 4.69) is 11.6 Å². The molecule has 2 aromatic rings. The van der Waals surface area contributed by atoms with Gasteiger partial charge in [0, 0.05) is 49.7 Å². The summed E-state index contributed by atoms with van der Waals surface area (Å²) in [7, 11) is 5.27. The average Bonchev–Trinajstić information content (AvgIpc) is 3.33. The Morgan fingerprint density at radius 1 is 1.24 bits per heavy atom. The molecule has 3 aliphatic rings. The first kappa shape index (κ1) is 22.1. The van der Waals surface area contributed by atoms with Crippen LogP contribution in [-0.4, -0.2) is 70.0 Å². The van der Waals surface area contributed by atoms with Gasteiger partial charge in [0.05, 0.1) is 7.11 Å². The van der Waals surface area contributed by atoms with Crippen molar-refractivity contribution in [2.45, 2.75) is 16.2 Å². The van der Waals surface area contributed by atoms with Gasteiger partial charge in [0.15, 0.2) is 5.54 Å². The first-order valence-corrected chi connectivity index (χ1v) is 11.8. The Hall–Kier alpha value is -2.75. The fraction of sp³-hybridized carbons (Fsp3) is 0.333. The Balaban J connectivity index is 1.84. The molecule has 170 valence electrons. The highest BCUT2D eigenvalue weighted by atomic mass is 32.2. The van der Waals surface area contributed by atoms with Crippen LogP contribution >= 0.6 is 24.0 Å². The number of anilines is 1. The van der Waals surface area contributed by atoms with Crippen molar-refractivity contribution in [2.75, 3.05) is 39.2 Å². The molecule has 2 saturated heterocycles. The number of ether oxygens (including phenoxy) is 1. The zero-order valence-corrected chi connectivity index (χ0v) is 20.3. The smallest absolute Gasteiger partial charge is 0.254 e. The minimum Gasteiger partial charge on any atom is -0.497 e. The SMILES string of the molecule is C=CCN1C(=O)[C@]2(SC1=S)[C@H](c1ccncc1)CN(C)[C@]21C(=O)N(C)c2ccc(OC)cc21. The summed E-state index contributed by atoms with van der Waals surface area (Å²) in [6.45, 7) is 4.60. The van der Waals surface area contributed by atoms with Gasteiger partial charge in [-0.2, -0.15) is 0 Å². The minimum absolute atomic E-state index is 0.145. The lowest BCUT2D eigenvalue weighted by atomic mass is 9.72. The van der Waals surface area contributed by atoms with Crippen molar-refractivity contribution >= 4 is 45.8 Å². The summed E-state index contributed by atoms with van der Waals surface area (Å²) in [5, 5.41) is 0. The molecular formula is C24H24N4O3S2. The number of carbonyl (C=O) groups is 2. The second-order valence-electron chi connectivity index (χ2n) is 8.48. The van der Waals surface area contributed by atoms with Gasteiger partial charge in [-0.1, -0.05) is 30.1 Å². The number of hydrogen-bond acceptors (Lipinski definition) is 7. The summed E-state index contributed by atoms with van der Waals surface area (Å²) in [5.74, 6) is 0.0354. The highest BCUT2D eigenvalue weighted by Crippen LogP contribution is 2.66. The van der Waals surface area contributed by atoms with E-state index in [0.29, 0.717) is 23.2 Å². The fourth-order valence-corrected chi connectivity index (χ4v) is 7.83. The fourth-order valence-electron chi connectivity index (χ4n) is 5.69. The summed E-state index contributed by atoms with van der Waals surface area (Å²) in [6.07, 6.45) is 5.10. The van der Waals surface area contributed by atoms with Crippen molar-refractivity contribution in [1.29, 1.82) is 0 Å². The van der Waals surface area contributed by atoms with Gasteiger partial charge in [-0.15, -0.1) is 6.58 Å². The van der Waals surface area contributed by atoms with Crippen LogP contribution in [0.2, 0.25) is 0 Å². The molecule has 0 saturated carbocycles. The largest absolute Gasteiger partial charge is 0.497 e. The number of rotatable bonds is 4. The molecule has 2 amide bonds. The molecule has 0 radical (unpaired) electrons. The molecule has 0 bridgehead atoms. The number of amides is 2. The Kier molecular flexibility index (Phi) is 5.11. The van der Waals surface area contributed by atoms with Crippen LogP contribution in [-0.2, 0) is 15.1 Å². The minimum atomic E-state index is -1.25. The molecule has 7 nitrogen and oxygen atoms in total. The molecule has 9 heteroatoms. The van der Waals surface area contributed by atoms with E-state index < -0.39 is 10.3 Å². The molecule has 0 aliphatic carbocycles. The molecule has 1 aromatic heterocycles. The van der Waals surface area contributed by atoms with Gasteiger partial charge in [-0.25, -0.2) is 0 Å². The third-order valence-electron chi connectivity index (χ3n) is 7.08. The normalized spacial score (nSPS) is 28.9. The molecule has 0 N–H and O–H groups in total. The van der Waals surface area contributed by atoms with Crippen LogP contribution < -0.4 is 9.64 Å². The molecule has 33 heavy (non-hydrogen) atoms. The van der Waals surface area contributed by atoms with Crippen molar-refractivity contribution in [3.63, 3.8) is 0 Å². The lowest BCUT2D eigenvalue weighted by Gasteiger charge is -2.42. The van der Waals surface area contributed by atoms with Crippen LogP contribution in [0.25, 0.3) is 0 Å². The van der Waals surface area contributed by atoms with Crippen LogP contribution in [0.4, 0.5) is 5.69 Å². The Bertz CT molecular complexity index is 1190. The van der Waals surface area contributed by atoms with Crippen LogP contribution in [0.15, 0.2) is 55.4 Å². The molecule has 2 spiro atoms. The second kappa shape index (κ2) is 7.65. The van der Waals surface area contributed by atoms with E-state index >= 15 is 0 Å². The summed E-state index contributed by atoms with van der Waals surface area (Å²) in [6, 6.07) is 9.44. The van der Waals surface area contributed by atoms with E-state index in [9.17, 15) is 9.59 Å². The summed E-state index contributed by atoms with van der Waals surface area (Å²) in [4.78, 5) is 38.0. The van der Waals surface area contributed by atoms with E-state index in [1.54, 1.807) is 42.4 Å². The van der Waals surface area contributed by atoms with Crippen molar-refractivity contribution in [3.05, 3.63) is 66.5 Å². The number of likely N-dealkylation sites (tertiary alicyclic amines) is 1. The molecule has 3 atom stereocenters. The predicted molar refractivity (Wildman–Crippen MR) is 133 cm³/mol. The molecule has 1 aromatic carbocycles. The number of nitrogens with zero attached hydrogens (tertiary/aromatic N) is 4. The maximum atomic E-state index is 14.4. The molecule has 5 rings (SSSR count). The van der Waals surface area contributed by atoms with Crippen LogP contribution in [0.5, 0.6) is 5.75 Å². The highest BCUT2D eigenvalue weighted by molar-refractivity contribution is 8.25.